The van der Waals surface area contributed by atoms with Crippen molar-refractivity contribution < 1.29 is 14.3 Å². The van der Waals surface area contributed by atoms with E-state index < -0.39 is 5.91 Å². The summed E-state index contributed by atoms with van der Waals surface area (Å²) >= 11 is 15.3. The average Bonchev–Trinajstić information content (AvgIpc) is 2.53. The summed E-state index contributed by atoms with van der Waals surface area (Å²) in [5.74, 6) is 0.564. The van der Waals surface area contributed by atoms with Crippen LogP contribution in [0.3, 0.4) is 0 Å². The van der Waals surface area contributed by atoms with Crippen molar-refractivity contribution in [3.63, 3.8) is 0 Å². The highest BCUT2D eigenvalue weighted by Crippen LogP contribution is 2.37. The highest BCUT2D eigenvalue weighted by Gasteiger charge is 2.22. The molecule has 24 heavy (non-hydrogen) atoms. The SMILES string of the molecule is CCOc1ccc(Br)c(OCC)c1C(=O)Nc1ncc(Cl)cc1Cl. The van der Waals surface area contributed by atoms with E-state index in [-0.39, 0.29) is 16.4 Å². The first-order valence-corrected chi connectivity index (χ1v) is 8.73. The summed E-state index contributed by atoms with van der Waals surface area (Å²) in [5, 5.41) is 3.27. The Morgan fingerprint density at radius 2 is 1.96 bits per heavy atom. The van der Waals surface area contributed by atoms with Crippen LogP contribution >= 0.6 is 39.1 Å². The lowest BCUT2D eigenvalue weighted by molar-refractivity contribution is 0.101. The molecule has 128 valence electrons. The highest BCUT2D eigenvalue weighted by molar-refractivity contribution is 9.10. The molecule has 0 unspecified atom stereocenters. The number of benzene rings is 1. The summed E-state index contributed by atoms with van der Waals surface area (Å²) in [4.78, 5) is 16.8. The zero-order valence-corrected chi connectivity index (χ0v) is 16.1. The first-order chi connectivity index (χ1) is 11.5. The van der Waals surface area contributed by atoms with Gasteiger partial charge < -0.3 is 14.8 Å². The zero-order valence-electron chi connectivity index (χ0n) is 13.0. The monoisotopic (exact) mass is 432 g/mol. The molecular weight excluding hydrogens is 419 g/mol. The number of hydrogen-bond acceptors (Lipinski definition) is 4. The average molecular weight is 434 g/mol. The number of ether oxygens (including phenoxy) is 2. The minimum absolute atomic E-state index is 0.205. The van der Waals surface area contributed by atoms with Crippen molar-refractivity contribution in [3.05, 3.63) is 44.5 Å². The fourth-order valence-corrected chi connectivity index (χ4v) is 2.86. The fourth-order valence-electron chi connectivity index (χ4n) is 1.99. The smallest absolute Gasteiger partial charge is 0.264 e. The number of amides is 1. The van der Waals surface area contributed by atoms with Gasteiger partial charge in [0, 0.05) is 6.20 Å². The number of carbonyl (C=O) groups excluding carboxylic acids is 1. The number of aromatic nitrogens is 1. The Labute approximate surface area is 158 Å². The van der Waals surface area contributed by atoms with Crippen molar-refractivity contribution in [3.8, 4) is 11.5 Å². The van der Waals surface area contributed by atoms with Crippen LogP contribution in [0.4, 0.5) is 5.82 Å². The Hall–Kier alpha value is -1.50. The summed E-state index contributed by atoms with van der Waals surface area (Å²) in [6.45, 7) is 4.47. The van der Waals surface area contributed by atoms with Gasteiger partial charge in [0.25, 0.3) is 5.91 Å². The molecule has 0 saturated carbocycles. The van der Waals surface area contributed by atoms with Crippen molar-refractivity contribution >= 4 is 50.9 Å². The van der Waals surface area contributed by atoms with Gasteiger partial charge in [-0.15, -0.1) is 0 Å². The van der Waals surface area contributed by atoms with E-state index >= 15 is 0 Å². The second-order valence-corrected chi connectivity index (χ2v) is 6.25. The lowest BCUT2D eigenvalue weighted by Crippen LogP contribution is -2.17. The van der Waals surface area contributed by atoms with Crippen LogP contribution < -0.4 is 14.8 Å². The molecule has 0 aliphatic carbocycles. The second kappa shape index (κ2) is 8.55. The number of halogens is 3. The molecule has 0 radical (unpaired) electrons. The van der Waals surface area contributed by atoms with Gasteiger partial charge in [-0.05, 0) is 48.0 Å². The summed E-state index contributed by atoms with van der Waals surface area (Å²) in [6, 6.07) is 4.96. The Morgan fingerprint density at radius 3 is 2.58 bits per heavy atom. The van der Waals surface area contributed by atoms with E-state index in [9.17, 15) is 4.79 Å². The molecule has 0 aliphatic rings. The molecular formula is C16H15BrCl2N2O3. The zero-order chi connectivity index (χ0) is 17.7. The second-order valence-electron chi connectivity index (χ2n) is 4.55. The predicted molar refractivity (Wildman–Crippen MR) is 98.7 cm³/mol. The third-order valence-corrected chi connectivity index (χ3v) is 4.05. The standard InChI is InChI=1S/C16H15BrCl2N2O3/c1-3-23-12-6-5-10(17)14(24-4-2)13(12)16(22)21-15-11(19)7-9(18)8-20-15/h5-8H,3-4H2,1-2H3,(H,20,21,22). The maximum Gasteiger partial charge on any atom is 0.264 e. The van der Waals surface area contributed by atoms with Gasteiger partial charge in [-0.3, -0.25) is 4.79 Å². The first kappa shape index (κ1) is 18.8. The molecule has 2 aromatic rings. The van der Waals surface area contributed by atoms with Gasteiger partial charge in [0.05, 0.1) is 27.7 Å². The fraction of sp³-hybridized carbons (Fsp3) is 0.250. The molecule has 0 aliphatic heterocycles. The Morgan fingerprint density at radius 1 is 1.25 bits per heavy atom. The summed E-state index contributed by atoms with van der Waals surface area (Å²) in [5.41, 5.74) is 0.265. The molecule has 0 atom stereocenters. The van der Waals surface area contributed by atoms with E-state index in [0.29, 0.717) is 34.2 Å². The third kappa shape index (κ3) is 4.32. The summed E-state index contributed by atoms with van der Waals surface area (Å²) < 4.78 is 11.8. The Bertz CT molecular complexity index is 756. The number of nitrogens with zero attached hydrogens (tertiary/aromatic N) is 1. The van der Waals surface area contributed by atoms with Crippen LogP contribution in [0.1, 0.15) is 24.2 Å². The maximum atomic E-state index is 12.8. The van der Waals surface area contributed by atoms with E-state index in [0.717, 1.165) is 0 Å². The molecule has 1 N–H and O–H groups in total. The van der Waals surface area contributed by atoms with E-state index in [1.807, 2.05) is 13.8 Å². The first-order valence-electron chi connectivity index (χ1n) is 7.18. The van der Waals surface area contributed by atoms with Crippen LogP contribution in [0.5, 0.6) is 11.5 Å². The van der Waals surface area contributed by atoms with E-state index in [4.69, 9.17) is 32.7 Å². The lowest BCUT2D eigenvalue weighted by atomic mass is 10.1. The lowest BCUT2D eigenvalue weighted by Gasteiger charge is -2.16. The molecule has 0 bridgehead atoms. The topological polar surface area (TPSA) is 60.5 Å². The van der Waals surface area contributed by atoms with E-state index in [1.54, 1.807) is 12.1 Å². The minimum Gasteiger partial charge on any atom is -0.493 e. The quantitative estimate of drug-likeness (QED) is 0.679. The van der Waals surface area contributed by atoms with Crippen LogP contribution in [0.2, 0.25) is 10.0 Å². The van der Waals surface area contributed by atoms with Crippen LogP contribution in [-0.4, -0.2) is 24.1 Å². The van der Waals surface area contributed by atoms with Gasteiger partial charge in [-0.1, -0.05) is 23.2 Å². The van der Waals surface area contributed by atoms with Gasteiger partial charge in [0.15, 0.2) is 5.82 Å². The van der Waals surface area contributed by atoms with Crippen molar-refractivity contribution in [2.45, 2.75) is 13.8 Å². The molecule has 5 nitrogen and oxygen atoms in total. The molecule has 1 aromatic heterocycles. The normalized spacial score (nSPS) is 10.4. The Kier molecular flexibility index (Phi) is 6.71. The van der Waals surface area contributed by atoms with E-state index in [1.165, 1.54) is 12.3 Å². The van der Waals surface area contributed by atoms with Crippen molar-refractivity contribution in [1.29, 1.82) is 0 Å². The predicted octanol–water partition coefficient (Wildman–Crippen LogP) is 5.20. The molecule has 0 saturated heterocycles. The van der Waals surface area contributed by atoms with Crippen LogP contribution in [0, 0.1) is 0 Å². The van der Waals surface area contributed by atoms with Gasteiger partial charge in [-0.25, -0.2) is 4.98 Å². The number of hydrogen-bond donors (Lipinski definition) is 1. The molecule has 0 spiro atoms. The Balaban J connectivity index is 2.44. The van der Waals surface area contributed by atoms with Crippen molar-refractivity contribution in [2.75, 3.05) is 18.5 Å². The van der Waals surface area contributed by atoms with Crippen LogP contribution in [-0.2, 0) is 0 Å². The molecule has 8 heteroatoms. The summed E-state index contributed by atoms with van der Waals surface area (Å²) in [6.07, 6.45) is 1.40. The third-order valence-electron chi connectivity index (χ3n) is 2.93. The molecule has 1 amide bonds. The number of nitrogens with one attached hydrogen (secondary N) is 1. The number of carbonyl (C=O) groups is 1. The number of pyridine rings is 1. The van der Waals surface area contributed by atoms with Crippen molar-refractivity contribution in [1.82, 2.24) is 4.98 Å². The molecule has 0 fully saturated rings. The highest BCUT2D eigenvalue weighted by atomic mass is 79.9. The van der Waals surface area contributed by atoms with Gasteiger partial charge in [0.2, 0.25) is 0 Å². The van der Waals surface area contributed by atoms with Gasteiger partial charge in [-0.2, -0.15) is 0 Å². The summed E-state index contributed by atoms with van der Waals surface area (Å²) in [7, 11) is 0. The number of anilines is 1. The van der Waals surface area contributed by atoms with Crippen LogP contribution in [0.15, 0.2) is 28.9 Å². The molecule has 2 rings (SSSR count). The van der Waals surface area contributed by atoms with Crippen molar-refractivity contribution in [2.24, 2.45) is 0 Å². The van der Waals surface area contributed by atoms with Gasteiger partial charge >= 0.3 is 0 Å². The largest absolute Gasteiger partial charge is 0.493 e. The molecule has 1 aromatic carbocycles. The maximum absolute atomic E-state index is 12.8. The molecule has 1 heterocycles. The van der Waals surface area contributed by atoms with E-state index in [2.05, 4.69) is 26.2 Å². The van der Waals surface area contributed by atoms with Crippen LogP contribution in [0.25, 0.3) is 0 Å². The number of rotatable bonds is 6. The minimum atomic E-state index is -0.445. The van der Waals surface area contributed by atoms with Gasteiger partial charge in [0.1, 0.15) is 17.1 Å².